The van der Waals surface area contributed by atoms with Crippen molar-refractivity contribution in [2.24, 2.45) is 0 Å². The Balaban J connectivity index is 1.54. The molecule has 0 fully saturated rings. The van der Waals surface area contributed by atoms with E-state index in [1.165, 1.54) is 11.3 Å². The Morgan fingerprint density at radius 3 is 2.52 bits per heavy atom. The molecule has 3 rings (SSSR count). The fourth-order valence-electron chi connectivity index (χ4n) is 2.63. The summed E-state index contributed by atoms with van der Waals surface area (Å²) in [6, 6.07) is 10.3. The number of hydrogen-bond acceptors (Lipinski definition) is 7. The first-order valence-corrected chi connectivity index (χ1v) is 10.6. The van der Waals surface area contributed by atoms with Gasteiger partial charge in [0.25, 0.3) is 5.91 Å². The number of nitrogens with zero attached hydrogens (tertiary/aromatic N) is 1. The van der Waals surface area contributed by atoms with Gasteiger partial charge in [-0.25, -0.2) is 4.98 Å². The zero-order chi connectivity index (χ0) is 22.4. The fourth-order valence-corrected chi connectivity index (χ4v) is 3.68. The largest absolute Gasteiger partial charge is 0.493 e. The van der Waals surface area contributed by atoms with Crippen LogP contribution in [0.2, 0.25) is 10.0 Å². The first-order chi connectivity index (χ1) is 14.9. The van der Waals surface area contributed by atoms with Crippen molar-refractivity contribution in [2.75, 3.05) is 26.1 Å². The summed E-state index contributed by atoms with van der Waals surface area (Å²) in [7, 11) is 3.11. The minimum absolute atomic E-state index is 0.0229. The SMILES string of the molecule is COc1ccc(-c2csc(NC(=O)COC(=O)Cc3ccc(Cl)c(Cl)c3)n2)cc1OC. The maximum absolute atomic E-state index is 12.1. The van der Waals surface area contributed by atoms with Crippen molar-refractivity contribution < 1.29 is 23.8 Å². The number of aromatic nitrogens is 1. The highest BCUT2D eigenvalue weighted by molar-refractivity contribution is 7.14. The van der Waals surface area contributed by atoms with Crippen LogP contribution in [0.3, 0.4) is 0 Å². The van der Waals surface area contributed by atoms with E-state index in [9.17, 15) is 9.59 Å². The molecule has 0 unspecified atom stereocenters. The molecule has 0 bridgehead atoms. The molecule has 0 aliphatic rings. The number of amides is 1. The van der Waals surface area contributed by atoms with Crippen LogP contribution in [0.25, 0.3) is 11.3 Å². The second-order valence-electron chi connectivity index (χ2n) is 6.24. The molecule has 0 radical (unpaired) electrons. The lowest BCUT2D eigenvalue weighted by Crippen LogP contribution is -2.21. The lowest BCUT2D eigenvalue weighted by Gasteiger charge is -2.08. The smallest absolute Gasteiger partial charge is 0.310 e. The summed E-state index contributed by atoms with van der Waals surface area (Å²) < 4.78 is 15.5. The molecule has 10 heteroatoms. The molecule has 0 saturated heterocycles. The van der Waals surface area contributed by atoms with Crippen molar-refractivity contribution in [3.63, 3.8) is 0 Å². The summed E-state index contributed by atoms with van der Waals surface area (Å²) in [6.45, 7) is -0.425. The van der Waals surface area contributed by atoms with Gasteiger partial charge in [-0.15, -0.1) is 11.3 Å². The van der Waals surface area contributed by atoms with Gasteiger partial charge in [-0.1, -0.05) is 29.3 Å². The molecular weight excluding hydrogens is 463 g/mol. The number of carbonyl (C=O) groups excluding carboxylic acids is 2. The van der Waals surface area contributed by atoms with Crippen LogP contribution in [0.5, 0.6) is 11.5 Å². The van der Waals surface area contributed by atoms with Crippen LogP contribution < -0.4 is 14.8 Å². The number of benzene rings is 2. The molecule has 1 amide bonds. The van der Waals surface area contributed by atoms with Gasteiger partial charge in [0.1, 0.15) is 0 Å². The molecule has 1 N–H and O–H groups in total. The Kier molecular flexibility index (Phi) is 7.73. The van der Waals surface area contributed by atoms with Gasteiger partial charge in [-0.2, -0.15) is 0 Å². The van der Waals surface area contributed by atoms with Gasteiger partial charge < -0.3 is 14.2 Å². The minimum atomic E-state index is -0.557. The van der Waals surface area contributed by atoms with E-state index in [1.807, 2.05) is 6.07 Å². The third kappa shape index (κ3) is 6.10. The summed E-state index contributed by atoms with van der Waals surface area (Å²) in [4.78, 5) is 28.4. The van der Waals surface area contributed by atoms with Gasteiger partial charge in [0.15, 0.2) is 23.2 Å². The number of esters is 1. The lowest BCUT2D eigenvalue weighted by molar-refractivity contribution is -0.146. The van der Waals surface area contributed by atoms with E-state index in [2.05, 4.69) is 10.3 Å². The number of hydrogen-bond donors (Lipinski definition) is 1. The maximum Gasteiger partial charge on any atom is 0.310 e. The van der Waals surface area contributed by atoms with Crippen LogP contribution in [-0.2, 0) is 20.7 Å². The molecule has 0 atom stereocenters. The van der Waals surface area contributed by atoms with Gasteiger partial charge >= 0.3 is 5.97 Å². The second-order valence-corrected chi connectivity index (χ2v) is 7.91. The number of rotatable bonds is 8. The van der Waals surface area contributed by atoms with Crippen molar-refractivity contribution >= 4 is 51.5 Å². The number of nitrogens with one attached hydrogen (secondary N) is 1. The van der Waals surface area contributed by atoms with Crippen molar-refractivity contribution in [3.05, 3.63) is 57.4 Å². The molecule has 2 aromatic carbocycles. The van der Waals surface area contributed by atoms with Crippen LogP contribution in [0.1, 0.15) is 5.56 Å². The van der Waals surface area contributed by atoms with Gasteiger partial charge in [-0.3, -0.25) is 14.9 Å². The summed E-state index contributed by atoms with van der Waals surface area (Å²) in [6.07, 6.45) is -0.0229. The third-order valence-electron chi connectivity index (χ3n) is 4.13. The molecule has 7 nitrogen and oxygen atoms in total. The van der Waals surface area contributed by atoms with E-state index in [4.69, 9.17) is 37.4 Å². The summed E-state index contributed by atoms with van der Waals surface area (Å²) >= 11 is 13.0. The van der Waals surface area contributed by atoms with E-state index in [-0.39, 0.29) is 6.42 Å². The third-order valence-corrected chi connectivity index (χ3v) is 5.62. The number of anilines is 1. The van der Waals surface area contributed by atoms with Gasteiger partial charge in [0.05, 0.1) is 36.4 Å². The molecule has 31 heavy (non-hydrogen) atoms. The average molecular weight is 481 g/mol. The zero-order valence-corrected chi connectivity index (χ0v) is 18.9. The normalized spacial score (nSPS) is 10.5. The van der Waals surface area contributed by atoms with E-state index in [0.717, 1.165) is 5.56 Å². The lowest BCUT2D eigenvalue weighted by atomic mass is 10.1. The van der Waals surface area contributed by atoms with Crippen LogP contribution in [0.15, 0.2) is 41.8 Å². The standard InChI is InChI=1S/C21H18Cl2N2O5S/c1-28-17-6-4-13(9-18(17)29-2)16-11-31-21(24-16)25-19(26)10-30-20(27)8-12-3-5-14(22)15(23)7-12/h3-7,9,11H,8,10H2,1-2H3,(H,24,25,26). The van der Waals surface area contributed by atoms with Gasteiger partial charge in [-0.05, 0) is 35.9 Å². The van der Waals surface area contributed by atoms with E-state index in [1.54, 1.807) is 49.9 Å². The van der Waals surface area contributed by atoms with Gasteiger partial charge in [0, 0.05) is 10.9 Å². The second kappa shape index (κ2) is 10.5. The van der Waals surface area contributed by atoms with E-state index >= 15 is 0 Å². The van der Waals surface area contributed by atoms with Gasteiger partial charge in [0.2, 0.25) is 0 Å². The molecule has 0 aliphatic heterocycles. The highest BCUT2D eigenvalue weighted by atomic mass is 35.5. The number of ether oxygens (including phenoxy) is 3. The molecule has 0 spiro atoms. The quantitative estimate of drug-likeness (QED) is 0.463. The Morgan fingerprint density at radius 2 is 1.81 bits per heavy atom. The maximum atomic E-state index is 12.1. The average Bonchev–Trinajstić information content (AvgIpc) is 3.22. The van der Waals surface area contributed by atoms with Crippen molar-refractivity contribution in [1.29, 1.82) is 0 Å². The highest BCUT2D eigenvalue weighted by Gasteiger charge is 2.13. The molecule has 162 valence electrons. The predicted octanol–water partition coefficient (Wildman–Crippen LogP) is 4.86. The number of carbonyl (C=O) groups is 2. The number of halogens is 2. The van der Waals surface area contributed by atoms with Crippen LogP contribution in [0, 0.1) is 0 Å². The zero-order valence-electron chi connectivity index (χ0n) is 16.6. The Morgan fingerprint density at radius 1 is 1.03 bits per heavy atom. The van der Waals surface area contributed by atoms with Crippen LogP contribution in [0.4, 0.5) is 5.13 Å². The van der Waals surface area contributed by atoms with Crippen molar-refractivity contribution in [2.45, 2.75) is 6.42 Å². The number of methoxy groups -OCH3 is 2. The summed E-state index contributed by atoms with van der Waals surface area (Å²) in [5.41, 5.74) is 2.11. The summed E-state index contributed by atoms with van der Waals surface area (Å²) in [5.74, 6) is 0.138. The Bertz CT molecular complexity index is 1100. The molecule has 0 aliphatic carbocycles. The molecule has 0 saturated carbocycles. The van der Waals surface area contributed by atoms with E-state index < -0.39 is 18.5 Å². The highest BCUT2D eigenvalue weighted by Crippen LogP contribution is 2.33. The van der Waals surface area contributed by atoms with Crippen LogP contribution in [-0.4, -0.2) is 37.7 Å². The molecule has 3 aromatic rings. The molecular formula is C21H18Cl2N2O5S. The predicted molar refractivity (Wildman–Crippen MR) is 120 cm³/mol. The van der Waals surface area contributed by atoms with Crippen molar-refractivity contribution in [3.8, 4) is 22.8 Å². The fraction of sp³-hybridized carbons (Fsp3) is 0.190. The topological polar surface area (TPSA) is 86.8 Å². The van der Waals surface area contributed by atoms with Crippen molar-refractivity contribution in [1.82, 2.24) is 4.98 Å². The first-order valence-electron chi connectivity index (χ1n) is 8.97. The minimum Gasteiger partial charge on any atom is -0.493 e. The van der Waals surface area contributed by atoms with E-state index in [0.29, 0.717) is 37.9 Å². The number of thiazole rings is 1. The molecule has 1 heterocycles. The monoisotopic (exact) mass is 480 g/mol. The first kappa shape index (κ1) is 22.9. The Hall–Kier alpha value is -2.81. The van der Waals surface area contributed by atoms with Crippen LogP contribution >= 0.6 is 34.5 Å². The molecule has 1 aromatic heterocycles. The Labute approximate surface area is 192 Å². The summed E-state index contributed by atoms with van der Waals surface area (Å²) in [5, 5.41) is 5.54.